The normalized spacial score (nSPS) is 15.1. The summed E-state index contributed by atoms with van der Waals surface area (Å²) < 4.78 is 15.3. The lowest BCUT2D eigenvalue weighted by Crippen LogP contribution is -2.35. The molecule has 0 saturated heterocycles. The number of ketones is 1. The van der Waals surface area contributed by atoms with E-state index in [1.807, 2.05) is 48.2 Å². The van der Waals surface area contributed by atoms with E-state index in [1.54, 1.807) is 34.4 Å². The zero-order chi connectivity index (χ0) is 25.5. The number of H-pyrrole nitrogens is 1. The SMILES string of the molecule is CNC(=O)COC.CNC1=C(c2nc3ccccc3[nH]2)C(=O)C(C)N1c1cc(OC)cc(OC)c1. The Morgan fingerprint density at radius 1 is 1.09 bits per heavy atom. The Labute approximate surface area is 204 Å². The quantitative estimate of drug-likeness (QED) is 0.471. The molecule has 0 aliphatic carbocycles. The van der Waals surface area contributed by atoms with Crippen molar-refractivity contribution in [3.8, 4) is 11.5 Å². The molecule has 0 bridgehead atoms. The summed E-state index contributed by atoms with van der Waals surface area (Å²) in [5, 5.41) is 5.59. The number of benzene rings is 2. The molecule has 1 aliphatic rings. The van der Waals surface area contributed by atoms with Gasteiger partial charge in [-0.15, -0.1) is 0 Å². The molecule has 1 aliphatic heterocycles. The van der Waals surface area contributed by atoms with Crippen LogP contribution in [0.5, 0.6) is 11.5 Å². The Kier molecular flexibility index (Phi) is 8.32. The Balaban J connectivity index is 0.000000429. The molecule has 0 fully saturated rings. The maximum atomic E-state index is 13.2. The van der Waals surface area contributed by atoms with Crippen molar-refractivity contribution in [2.45, 2.75) is 13.0 Å². The van der Waals surface area contributed by atoms with Gasteiger partial charge in [0.25, 0.3) is 0 Å². The first-order valence-corrected chi connectivity index (χ1v) is 11.0. The number of anilines is 1. The summed E-state index contributed by atoms with van der Waals surface area (Å²) in [7, 11) is 8.06. The van der Waals surface area contributed by atoms with E-state index >= 15 is 0 Å². The summed E-state index contributed by atoms with van der Waals surface area (Å²) in [6, 6.07) is 12.9. The molecule has 10 heteroatoms. The van der Waals surface area contributed by atoms with Crippen LogP contribution in [0.4, 0.5) is 5.69 Å². The maximum absolute atomic E-state index is 13.2. The van der Waals surface area contributed by atoms with E-state index in [4.69, 9.17) is 9.47 Å². The van der Waals surface area contributed by atoms with Gasteiger partial charge in [0, 0.05) is 39.4 Å². The zero-order valence-corrected chi connectivity index (χ0v) is 20.8. The Bertz CT molecular complexity index is 1180. The third-order valence-electron chi connectivity index (χ3n) is 5.52. The van der Waals surface area contributed by atoms with Crippen molar-refractivity contribution in [1.82, 2.24) is 20.6 Å². The van der Waals surface area contributed by atoms with Crippen LogP contribution in [0.3, 0.4) is 0 Å². The second kappa shape index (κ2) is 11.4. The largest absolute Gasteiger partial charge is 0.497 e. The molecule has 186 valence electrons. The van der Waals surface area contributed by atoms with Gasteiger partial charge < -0.3 is 34.7 Å². The molecule has 1 unspecified atom stereocenters. The number of amides is 1. The number of imidazole rings is 1. The van der Waals surface area contributed by atoms with E-state index in [9.17, 15) is 9.59 Å². The van der Waals surface area contributed by atoms with Gasteiger partial charge in [-0.1, -0.05) is 12.1 Å². The predicted molar refractivity (Wildman–Crippen MR) is 135 cm³/mol. The average Bonchev–Trinajstić information content (AvgIpc) is 3.42. The van der Waals surface area contributed by atoms with Crippen LogP contribution < -0.4 is 25.0 Å². The summed E-state index contributed by atoms with van der Waals surface area (Å²) in [6.07, 6.45) is 0. The van der Waals surface area contributed by atoms with E-state index < -0.39 is 6.04 Å². The molecule has 4 rings (SSSR count). The van der Waals surface area contributed by atoms with Crippen LogP contribution in [0, 0.1) is 0 Å². The first-order chi connectivity index (χ1) is 16.9. The summed E-state index contributed by atoms with van der Waals surface area (Å²) in [5.74, 6) is 2.45. The molecule has 3 aromatic rings. The molecule has 0 spiro atoms. The number of ether oxygens (including phenoxy) is 3. The van der Waals surface area contributed by atoms with Crippen molar-refractivity contribution in [1.29, 1.82) is 0 Å². The number of carbonyl (C=O) groups is 2. The van der Waals surface area contributed by atoms with Crippen molar-refractivity contribution in [2.24, 2.45) is 0 Å². The van der Waals surface area contributed by atoms with Crippen LogP contribution in [0.1, 0.15) is 12.7 Å². The molecule has 3 N–H and O–H groups in total. The molecule has 35 heavy (non-hydrogen) atoms. The Hall–Kier alpha value is -4.05. The number of likely N-dealkylation sites (N-methyl/N-ethyl adjacent to an activating group) is 1. The van der Waals surface area contributed by atoms with Crippen molar-refractivity contribution < 1.29 is 23.8 Å². The van der Waals surface area contributed by atoms with Crippen molar-refractivity contribution >= 4 is 34.0 Å². The number of hydrogen-bond donors (Lipinski definition) is 3. The number of fused-ring (bicyclic) bond motifs is 1. The summed E-state index contributed by atoms with van der Waals surface area (Å²) >= 11 is 0. The molecule has 10 nitrogen and oxygen atoms in total. The second-order valence-electron chi connectivity index (χ2n) is 7.66. The number of nitrogens with zero attached hydrogens (tertiary/aromatic N) is 2. The first-order valence-electron chi connectivity index (χ1n) is 11.0. The highest BCUT2D eigenvalue weighted by molar-refractivity contribution is 6.27. The minimum absolute atomic E-state index is 0.00908. The van der Waals surface area contributed by atoms with Crippen LogP contribution in [-0.2, 0) is 14.3 Å². The maximum Gasteiger partial charge on any atom is 0.245 e. The van der Waals surface area contributed by atoms with E-state index in [0.717, 1.165) is 16.7 Å². The van der Waals surface area contributed by atoms with Crippen LogP contribution in [0.15, 0.2) is 48.3 Å². The van der Waals surface area contributed by atoms with Crippen LogP contribution >= 0.6 is 0 Å². The fourth-order valence-corrected chi connectivity index (χ4v) is 3.79. The number of hydrogen-bond acceptors (Lipinski definition) is 8. The van der Waals surface area contributed by atoms with E-state index in [0.29, 0.717) is 28.7 Å². The van der Waals surface area contributed by atoms with Gasteiger partial charge in [0.1, 0.15) is 35.3 Å². The van der Waals surface area contributed by atoms with Crippen LogP contribution in [-0.4, -0.2) is 69.7 Å². The average molecular weight is 482 g/mol. The molecular formula is C25H31N5O5. The molecule has 1 atom stereocenters. The zero-order valence-electron chi connectivity index (χ0n) is 20.8. The van der Waals surface area contributed by atoms with Gasteiger partial charge in [-0.25, -0.2) is 4.98 Å². The minimum atomic E-state index is -0.400. The molecule has 0 radical (unpaired) electrons. The standard InChI is InChI=1S/C21H22N4O3.C4H9NO2/c1-12-19(26)18(20-23-16-7-5-6-8-17(16)24-20)21(22-2)25(12)13-9-14(27-3)11-15(10-13)28-4;1-5-4(6)3-7-2/h5-12,22H,1-4H3,(H,23,24);3H2,1-2H3,(H,5,6). The van der Waals surface area contributed by atoms with E-state index in [2.05, 4.69) is 25.3 Å². The topological polar surface area (TPSA) is 118 Å². The van der Waals surface area contributed by atoms with Gasteiger partial charge in [0.05, 0.1) is 37.0 Å². The summed E-state index contributed by atoms with van der Waals surface area (Å²) in [6.45, 7) is 2.03. The number of aromatic amines is 1. The number of methoxy groups -OCH3 is 3. The van der Waals surface area contributed by atoms with Crippen molar-refractivity contribution in [3.05, 3.63) is 54.1 Å². The van der Waals surface area contributed by atoms with E-state index in [-0.39, 0.29) is 18.3 Å². The number of rotatable bonds is 7. The number of aromatic nitrogens is 2. The molecular weight excluding hydrogens is 450 g/mol. The van der Waals surface area contributed by atoms with Gasteiger partial charge in [0.15, 0.2) is 5.78 Å². The van der Waals surface area contributed by atoms with Crippen molar-refractivity contribution in [3.63, 3.8) is 0 Å². The highest BCUT2D eigenvalue weighted by Gasteiger charge is 2.39. The van der Waals surface area contributed by atoms with Gasteiger partial charge in [-0.3, -0.25) is 9.59 Å². The number of para-hydroxylation sites is 2. The lowest BCUT2D eigenvalue weighted by molar-refractivity contribution is -0.124. The van der Waals surface area contributed by atoms with Gasteiger partial charge in [0.2, 0.25) is 5.91 Å². The minimum Gasteiger partial charge on any atom is -0.497 e. The van der Waals surface area contributed by atoms with Gasteiger partial charge in [-0.05, 0) is 19.1 Å². The summed E-state index contributed by atoms with van der Waals surface area (Å²) in [4.78, 5) is 33.2. The fourth-order valence-electron chi connectivity index (χ4n) is 3.79. The highest BCUT2D eigenvalue weighted by Crippen LogP contribution is 2.38. The molecule has 2 heterocycles. The number of carbonyl (C=O) groups excluding carboxylic acids is 2. The summed E-state index contributed by atoms with van der Waals surface area (Å²) in [5.41, 5.74) is 3.05. The molecule has 0 saturated carbocycles. The second-order valence-corrected chi connectivity index (χ2v) is 7.66. The van der Waals surface area contributed by atoms with Crippen molar-refractivity contribution in [2.75, 3.05) is 46.9 Å². The Morgan fingerprint density at radius 3 is 2.26 bits per heavy atom. The Morgan fingerprint density at radius 2 is 1.74 bits per heavy atom. The first kappa shape index (κ1) is 25.6. The fraction of sp³-hybridized carbons (Fsp3) is 0.320. The lowest BCUT2D eigenvalue weighted by atomic mass is 10.1. The monoisotopic (exact) mass is 481 g/mol. The predicted octanol–water partition coefficient (Wildman–Crippen LogP) is 2.32. The van der Waals surface area contributed by atoms with Crippen LogP contribution in [0.2, 0.25) is 0 Å². The third kappa shape index (κ3) is 5.38. The molecule has 2 aromatic carbocycles. The highest BCUT2D eigenvalue weighted by atomic mass is 16.5. The van der Waals surface area contributed by atoms with Crippen LogP contribution in [0.25, 0.3) is 16.6 Å². The van der Waals surface area contributed by atoms with Gasteiger partial charge >= 0.3 is 0 Å². The lowest BCUT2D eigenvalue weighted by Gasteiger charge is -2.27. The third-order valence-corrected chi connectivity index (χ3v) is 5.52. The van der Waals surface area contributed by atoms with E-state index in [1.165, 1.54) is 7.11 Å². The molecule has 1 aromatic heterocycles. The smallest absolute Gasteiger partial charge is 0.245 e. The number of nitrogens with one attached hydrogen (secondary N) is 3. The number of Topliss-reactive ketones (excluding diaryl/α,β-unsaturated/α-hetero) is 1. The molecule has 1 amide bonds. The van der Waals surface area contributed by atoms with Gasteiger partial charge in [-0.2, -0.15) is 0 Å².